The zero-order valence-corrected chi connectivity index (χ0v) is 22.2. The van der Waals surface area contributed by atoms with Gasteiger partial charge < -0.3 is 24.7 Å². The summed E-state index contributed by atoms with van der Waals surface area (Å²) in [5.41, 5.74) is 7.65. The van der Waals surface area contributed by atoms with Crippen molar-refractivity contribution in [3.05, 3.63) is 72.6 Å². The van der Waals surface area contributed by atoms with Crippen LogP contribution >= 0.6 is 11.3 Å². The fourth-order valence-electron chi connectivity index (χ4n) is 4.32. The van der Waals surface area contributed by atoms with Gasteiger partial charge in [-0.25, -0.2) is 0 Å². The zero-order chi connectivity index (χ0) is 27.4. The normalized spacial score (nSPS) is 14.9. The molecule has 0 bridgehead atoms. The predicted octanol–water partition coefficient (Wildman–Crippen LogP) is 2.68. The number of nitriles is 2. The second kappa shape index (κ2) is 11.2. The monoisotopic (exact) mass is 530 g/mol. The molecule has 2 aromatic carbocycles. The van der Waals surface area contributed by atoms with E-state index in [1.54, 1.807) is 49.6 Å². The minimum atomic E-state index is -0.772. The van der Waals surface area contributed by atoms with Gasteiger partial charge in [-0.05, 0) is 55.3 Å². The number of hydrogen-bond donors (Lipinski definition) is 1. The molecule has 0 spiro atoms. The van der Waals surface area contributed by atoms with Crippen LogP contribution in [0.25, 0.3) is 17.5 Å². The summed E-state index contributed by atoms with van der Waals surface area (Å²) in [4.78, 5) is 13.4. The minimum absolute atomic E-state index is 0.00970. The molecule has 0 saturated carbocycles. The van der Waals surface area contributed by atoms with Crippen molar-refractivity contribution in [1.29, 1.82) is 10.5 Å². The van der Waals surface area contributed by atoms with Gasteiger partial charge in [-0.1, -0.05) is 12.1 Å². The molecule has 2 heterocycles. The summed E-state index contributed by atoms with van der Waals surface area (Å²) in [6, 6.07) is 14.9. The number of allylic oxidation sites excluding steroid dienone is 1. The van der Waals surface area contributed by atoms with Crippen molar-refractivity contribution in [2.45, 2.75) is 19.8 Å². The Balaban J connectivity index is 1.95. The number of fused-ring (bicyclic) bond motifs is 1. The van der Waals surface area contributed by atoms with Gasteiger partial charge in [-0.2, -0.15) is 10.5 Å². The first-order chi connectivity index (χ1) is 18.4. The van der Waals surface area contributed by atoms with Crippen molar-refractivity contribution in [2.24, 2.45) is 5.73 Å². The molecule has 2 N–H and O–H groups in total. The van der Waals surface area contributed by atoms with E-state index < -0.39 is 11.5 Å². The fraction of sp³-hybridized carbons (Fsp3) is 0.250. The van der Waals surface area contributed by atoms with E-state index in [0.717, 1.165) is 11.3 Å². The Kier molecular flexibility index (Phi) is 7.75. The van der Waals surface area contributed by atoms with Gasteiger partial charge >= 0.3 is 0 Å². The molecule has 1 aliphatic rings. The molecule has 0 saturated heterocycles. The maximum absolute atomic E-state index is 13.4. The van der Waals surface area contributed by atoms with Gasteiger partial charge in [0.2, 0.25) is 0 Å². The van der Waals surface area contributed by atoms with Crippen molar-refractivity contribution >= 4 is 28.8 Å². The maximum atomic E-state index is 13.4. The molecule has 9 nitrogen and oxygen atoms in total. The van der Waals surface area contributed by atoms with Crippen molar-refractivity contribution in [3.63, 3.8) is 0 Å². The van der Waals surface area contributed by atoms with Crippen molar-refractivity contribution < 1.29 is 18.9 Å². The molecule has 194 valence electrons. The van der Waals surface area contributed by atoms with Crippen LogP contribution < -0.4 is 39.4 Å². The summed E-state index contributed by atoms with van der Waals surface area (Å²) >= 11 is 1.14. The minimum Gasteiger partial charge on any atom is -0.493 e. The molecule has 10 heteroatoms. The largest absolute Gasteiger partial charge is 0.493 e. The van der Waals surface area contributed by atoms with Crippen LogP contribution in [0.3, 0.4) is 0 Å². The van der Waals surface area contributed by atoms with E-state index in [9.17, 15) is 15.3 Å². The van der Waals surface area contributed by atoms with Crippen LogP contribution in [0.15, 0.2) is 46.8 Å². The second-order valence-electron chi connectivity index (χ2n) is 8.11. The van der Waals surface area contributed by atoms with Gasteiger partial charge in [0.25, 0.3) is 5.56 Å². The Morgan fingerprint density at radius 1 is 0.947 bits per heavy atom. The SMILES string of the molecule is CCOc1ccc(/C=c2\sc3n(c2=O)C(N)=C(C#N)C(c2ccc(OCC)c(OC)c2)C=3C#N)cc1OC. The van der Waals surface area contributed by atoms with E-state index in [0.29, 0.717) is 56.5 Å². The van der Waals surface area contributed by atoms with Crippen LogP contribution in [0, 0.1) is 22.7 Å². The third kappa shape index (κ3) is 4.58. The van der Waals surface area contributed by atoms with Gasteiger partial charge in [0.05, 0.1) is 61.2 Å². The van der Waals surface area contributed by atoms with Gasteiger partial charge in [0, 0.05) is 0 Å². The average Bonchev–Trinajstić information content (AvgIpc) is 3.25. The Hall–Kier alpha value is -4.67. The van der Waals surface area contributed by atoms with Crippen LogP contribution in [0.1, 0.15) is 30.9 Å². The fourth-order valence-corrected chi connectivity index (χ4v) is 5.45. The lowest BCUT2D eigenvalue weighted by Gasteiger charge is -2.23. The highest BCUT2D eigenvalue weighted by Gasteiger charge is 2.32. The number of aromatic nitrogens is 1. The lowest BCUT2D eigenvalue weighted by atomic mass is 9.84. The Bertz CT molecular complexity index is 1690. The Labute approximate surface area is 223 Å². The molecule has 0 radical (unpaired) electrons. The molecule has 0 aliphatic carbocycles. The molecule has 4 rings (SSSR count). The summed E-state index contributed by atoms with van der Waals surface area (Å²) in [6.45, 7) is 4.68. The molecule has 38 heavy (non-hydrogen) atoms. The van der Waals surface area contributed by atoms with E-state index in [1.807, 2.05) is 13.8 Å². The highest BCUT2D eigenvalue weighted by Crippen LogP contribution is 2.39. The molecular formula is C28H26N4O5S. The van der Waals surface area contributed by atoms with E-state index in [4.69, 9.17) is 24.7 Å². The molecule has 1 aliphatic heterocycles. The predicted molar refractivity (Wildman–Crippen MR) is 145 cm³/mol. The number of methoxy groups -OCH3 is 2. The van der Waals surface area contributed by atoms with Gasteiger partial charge in [-0.3, -0.25) is 9.36 Å². The zero-order valence-electron chi connectivity index (χ0n) is 21.4. The number of nitrogens with zero attached hydrogens (tertiary/aromatic N) is 3. The van der Waals surface area contributed by atoms with Crippen LogP contribution in [0.5, 0.6) is 23.0 Å². The third-order valence-electron chi connectivity index (χ3n) is 6.00. The highest BCUT2D eigenvalue weighted by molar-refractivity contribution is 7.07. The Morgan fingerprint density at radius 2 is 1.55 bits per heavy atom. The van der Waals surface area contributed by atoms with Crippen LogP contribution in [-0.2, 0) is 0 Å². The van der Waals surface area contributed by atoms with Gasteiger partial charge in [0.1, 0.15) is 10.5 Å². The quantitative estimate of drug-likeness (QED) is 0.470. The molecular weight excluding hydrogens is 504 g/mol. The van der Waals surface area contributed by atoms with E-state index in [2.05, 4.69) is 12.1 Å². The van der Waals surface area contributed by atoms with Crippen molar-refractivity contribution in [1.82, 2.24) is 4.57 Å². The summed E-state index contributed by atoms with van der Waals surface area (Å²) in [6.07, 6.45) is 1.69. The first-order valence-corrected chi connectivity index (χ1v) is 12.6. The van der Waals surface area contributed by atoms with E-state index in [-0.39, 0.29) is 17.0 Å². The second-order valence-corrected chi connectivity index (χ2v) is 9.14. The number of benzene rings is 2. The topological polar surface area (TPSA) is 133 Å². The number of nitrogens with two attached hydrogens (primary N) is 1. The van der Waals surface area contributed by atoms with Crippen LogP contribution in [-0.4, -0.2) is 32.0 Å². The third-order valence-corrected chi connectivity index (χ3v) is 7.10. The van der Waals surface area contributed by atoms with Gasteiger partial charge in [-0.15, -0.1) is 11.3 Å². The van der Waals surface area contributed by atoms with Crippen LogP contribution in [0.2, 0.25) is 0 Å². The van der Waals surface area contributed by atoms with E-state index in [1.165, 1.54) is 11.7 Å². The summed E-state index contributed by atoms with van der Waals surface area (Å²) in [7, 11) is 3.06. The first-order valence-electron chi connectivity index (χ1n) is 11.8. The standard InChI is InChI=1S/C28H26N4O5S/c1-5-36-20-9-7-16(11-22(20)34-3)12-24-27(33)32-26(31)18(14-29)25(19(15-30)28(32)38-24)17-8-10-21(37-6-2)23(13-17)35-4/h7-13,25H,5-6,31H2,1-4H3/b24-12-. The lowest BCUT2D eigenvalue weighted by Crippen LogP contribution is -2.38. The number of hydrogen-bond acceptors (Lipinski definition) is 9. The number of thiazole rings is 1. The summed E-state index contributed by atoms with van der Waals surface area (Å²) in [5, 5.41) is 20.3. The highest BCUT2D eigenvalue weighted by atomic mass is 32.1. The van der Waals surface area contributed by atoms with Crippen LogP contribution in [0.4, 0.5) is 0 Å². The maximum Gasteiger partial charge on any atom is 0.274 e. The molecule has 1 unspecified atom stereocenters. The van der Waals surface area contributed by atoms with Crippen molar-refractivity contribution in [2.75, 3.05) is 27.4 Å². The molecule has 0 fully saturated rings. The summed E-state index contributed by atoms with van der Waals surface area (Å²) in [5.74, 6) is 1.34. The lowest BCUT2D eigenvalue weighted by molar-refractivity contribution is 0.310. The molecule has 1 aromatic heterocycles. The molecule has 1 atom stereocenters. The molecule has 0 amide bonds. The van der Waals surface area contributed by atoms with Gasteiger partial charge in [0.15, 0.2) is 23.0 Å². The number of ether oxygens (including phenoxy) is 4. The average molecular weight is 531 g/mol. The molecule has 3 aromatic rings. The summed E-state index contributed by atoms with van der Waals surface area (Å²) < 4.78 is 24.0. The smallest absolute Gasteiger partial charge is 0.274 e. The first kappa shape index (κ1) is 26.4. The Morgan fingerprint density at radius 3 is 2.13 bits per heavy atom. The van der Waals surface area contributed by atoms with E-state index >= 15 is 0 Å². The number of rotatable bonds is 8. The van der Waals surface area contributed by atoms with Crippen molar-refractivity contribution in [3.8, 4) is 35.1 Å².